The molecule has 1 atom stereocenters. The highest BCUT2D eigenvalue weighted by atomic mass is 79.9. The fourth-order valence-corrected chi connectivity index (χ4v) is 2.64. The van der Waals surface area contributed by atoms with E-state index >= 15 is 0 Å². The van der Waals surface area contributed by atoms with E-state index in [1.54, 1.807) is 12.1 Å². The Balaban J connectivity index is 1.89. The van der Waals surface area contributed by atoms with E-state index in [1.165, 1.54) is 6.07 Å². The Morgan fingerprint density at radius 2 is 2.14 bits per heavy atom. The van der Waals surface area contributed by atoms with Crippen molar-refractivity contribution in [2.45, 2.75) is 19.3 Å². The second-order valence-electron chi connectivity index (χ2n) is 4.99. The molecule has 0 aliphatic heterocycles. The third-order valence-corrected chi connectivity index (χ3v) is 4.08. The maximum absolute atomic E-state index is 11.8. The van der Waals surface area contributed by atoms with Crippen molar-refractivity contribution in [2.24, 2.45) is 5.92 Å². The molecule has 1 aromatic carbocycles. The first-order valence-corrected chi connectivity index (χ1v) is 7.58. The van der Waals surface area contributed by atoms with Crippen LogP contribution in [0.4, 0.5) is 10.5 Å². The van der Waals surface area contributed by atoms with Crippen molar-refractivity contribution in [1.29, 1.82) is 0 Å². The van der Waals surface area contributed by atoms with Crippen molar-refractivity contribution in [3.8, 4) is 0 Å². The van der Waals surface area contributed by atoms with Crippen molar-refractivity contribution in [2.75, 3.05) is 11.9 Å². The average Bonchev–Trinajstić information content (AvgIpc) is 2.48. The zero-order chi connectivity index (χ0) is 15.2. The monoisotopic (exact) mass is 352 g/mol. The number of nitrogens with one attached hydrogen (secondary N) is 2. The van der Waals surface area contributed by atoms with Gasteiger partial charge in [0.15, 0.2) is 0 Å². The summed E-state index contributed by atoms with van der Waals surface area (Å²) in [6.07, 6.45) is 7.43. The van der Waals surface area contributed by atoms with Gasteiger partial charge in [-0.15, -0.1) is 0 Å². The van der Waals surface area contributed by atoms with Crippen LogP contribution in [-0.2, 0) is 0 Å². The molecule has 1 aromatic rings. The number of carboxylic acids is 1. The van der Waals surface area contributed by atoms with Crippen LogP contribution in [0.2, 0.25) is 0 Å². The Hall–Kier alpha value is -1.82. The molecule has 0 fully saturated rings. The maximum atomic E-state index is 11.8. The van der Waals surface area contributed by atoms with Crippen LogP contribution in [-0.4, -0.2) is 23.7 Å². The van der Waals surface area contributed by atoms with Gasteiger partial charge in [0.05, 0.1) is 5.56 Å². The van der Waals surface area contributed by atoms with Crippen LogP contribution in [0.3, 0.4) is 0 Å². The Morgan fingerprint density at radius 1 is 1.33 bits per heavy atom. The van der Waals surface area contributed by atoms with E-state index in [1.807, 2.05) is 0 Å². The van der Waals surface area contributed by atoms with Gasteiger partial charge in [0, 0.05) is 16.7 Å². The molecule has 0 saturated heterocycles. The van der Waals surface area contributed by atoms with E-state index < -0.39 is 5.97 Å². The number of benzene rings is 1. The molecule has 5 nitrogen and oxygen atoms in total. The van der Waals surface area contributed by atoms with E-state index in [-0.39, 0.29) is 11.6 Å². The predicted molar refractivity (Wildman–Crippen MR) is 84.6 cm³/mol. The molecule has 0 radical (unpaired) electrons. The first-order valence-electron chi connectivity index (χ1n) is 6.79. The van der Waals surface area contributed by atoms with Gasteiger partial charge in [0.25, 0.3) is 0 Å². The Bertz CT molecular complexity index is 572. The highest BCUT2D eigenvalue weighted by Crippen LogP contribution is 2.21. The summed E-state index contributed by atoms with van der Waals surface area (Å²) in [5.74, 6) is -0.569. The van der Waals surface area contributed by atoms with Gasteiger partial charge >= 0.3 is 12.0 Å². The lowest BCUT2D eigenvalue weighted by Gasteiger charge is -2.18. The average molecular weight is 353 g/mol. The van der Waals surface area contributed by atoms with Crippen LogP contribution >= 0.6 is 15.9 Å². The lowest BCUT2D eigenvalue weighted by molar-refractivity contribution is 0.0696. The largest absolute Gasteiger partial charge is 0.478 e. The summed E-state index contributed by atoms with van der Waals surface area (Å²) >= 11 is 3.16. The van der Waals surface area contributed by atoms with E-state index in [2.05, 4.69) is 38.7 Å². The summed E-state index contributed by atoms with van der Waals surface area (Å²) in [5.41, 5.74) is 0.571. The molecule has 0 spiro atoms. The Labute approximate surface area is 131 Å². The molecule has 1 aliphatic carbocycles. The number of rotatable bonds is 4. The predicted octanol–water partition coefficient (Wildman–Crippen LogP) is 3.63. The molecule has 1 aliphatic rings. The molecule has 3 N–H and O–H groups in total. The number of carboxylic acid groups (broad SMARTS) is 1. The minimum absolute atomic E-state index is 0.116. The van der Waals surface area contributed by atoms with Crippen LogP contribution < -0.4 is 10.6 Å². The molecule has 0 bridgehead atoms. The molecule has 2 rings (SSSR count). The van der Waals surface area contributed by atoms with Gasteiger partial charge in [-0.1, -0.05) is 12.2 Å². The Kier molecular flexibility index (Phi) is 5.38. The third kappa shape index (κ3) is 4.60. The van der Waals surface area contributed by atoms with Gasteiger partial charge in [-0.3, -0.25) is 0 Å². The van der Waals surface area contributed by atoms with E-state index in [4.69, 9.17) is 5.11 Å². The number of carbonyl (C=O) groups is 2. The summed E-state index contributed by atoms with van der Waals surface area (Å²) < 4.78 is 0.481. The second kappa shape index (κ2) is 7.26. The number of anilines is 1. The number of hydrogen-bond donors (Lipinski definition) is 3. The fourth-order valence-electron chi connectivity index (χ4n) is 2.22. The SMILES string of the molecule is O=C(NCC1CC=CCC1)Nc1ccc(Br)c(C(=O)O)c1. The smallest absolute Gasteiger partial charge is 0.336 e. The van der Waals surface area contributed by atoms with Crippen molar-refractivity contribution >= 4 is 33.6 Å². The first kappa shape index (κ1) is 15.6. The van der Waals surface area contributed by atoms with Crippen LogP contribution in [0.5, 0.6) is 0 Å². The van der Waals surface area contributed by atoms with Crippen molar-refractivity contribution < 1.29 is 14.7 Å². The summed E-state index contributed by atoms with van der Waals surface area (Å²) in [6.45, 7) is 0.624. The molecule has 0 aromatic heterocycles. The van der Waals surface area contributed by atoms with Crippen molar-refractivity contribution in [3.05, 3.63) is 40.4 Å². The van der Waals surface area contributed by atoms with Crippen LogP contribution in [0.25, 0.3) is 0 Å². The molecule has 1 unspecified atom stereocenters. The molecular formula is C15H17BrN2O3. The number of halogens is 1. The molecule has 21 heavy (non-hydrogen) atoms. The summed E-state index contributed by atoms with van der Waals surface area (Å²) in [6, 6.07) is 4.36. The minimum Gasteiger partial charge on any atom is -0.478 e. The lowest BCUT2D eigenvalue weighted by atomic mass is 9.94. The Morgan fingerprint density at radius 3 is 2.81 bits per heavy atom. The summed E-state index contributed by atoms with van der Waals surface area (Å²) in [5, 5.41) is 14.5. The minimum atomic E-state index is -1.04. The molecular weight excluding hydrogens is 336 g/mol. The molecule has 0 saturated carbocycles. The molecule has 112 valence electrons. The van der Waals surface area contributed by atoms with E-state index in [9.17, 15) is 9.59 Å². The third-order valence-electron chi connectivity index (χ3n) is 3.38. The molecule has 2 amide bonds. The maximum Gasteiger partial charge on any atom is 0.336 e. The second-order valence-corrected chi connectivity index (χ2v) is 5.84. The quantitative estimate of drug-likeness (QED) is 0.724. The summed E-state index contributed by atoms with van der Waals surface area (Å²) in [7, 11) is 0. The van der Waals surface area contributed by atoms with Crippen molar-refractivity contribution in [1.82, 2.24) is 5.32 Å². The number of hydrogen-bond acceptors (Lipinski definition) is 2. The van der Waals surface area contributed by atoms with E-state index in [0.29, 0.717) is 22.6 Å². The number of carbonyl (C=O) groups excluding carboxylic acids is 1. The number of allylic oxidation sites excluding steroid dienone is 2. The fraction of sp³-hybridized carbons (Fsp3) is 0.333. The highest BCUT2D eigenvalue weighted by molar-refractivity contribution is 9.10. The standard InChI is InChI=1S/C15H17BrN2O3/c16-13-7-6-11(8-12(13)14(19)20)18-15(21)17-9-10-4-2-1-3-5-10/h1-2,6-8,10H,3-5,9H2,(H,19,20)(H2,17,18,21). The first-order chi connectivity index (χ1) is 10.1. The van der Waals surface area contributed by atoms with Gasteiger partial charge in [-0.2, -0.15) is 0 Å². The van der Waals surface area contributed by atoms with Crippen LogP contribution in [0.1, 0.15) is 29.6 Å². The summed E-state index contributed by atoms with van der Waals surface area (Å²) in [4.78, 5) is 22.8. The lowest BCUT2D eigenvalue weighted by Crippen LogP contribution is -2.33. The zero-order valence-electron chi connectivity index (χ0n) is 11.4. The topological polar surface area (TPSA) is 78.4 Å². The molecule has 6 heteroatoms. The zero-order valence-corrected chi connectivity index (χ0v) is 13.0. The van der Waals surface area contributed by atoms with Gasteiger partial charge in [0.1, 0.15) is 0 Å². The number of urea groups is 1. The number of aromatic carboxylic acids is 1. The van der Waals surface area contributed by atoms with Gasteiger partial charge in [-0.25, -0.2) is 9.59 Å². The van der Waals surface area contributed by atoms with E-state index in [0.717, 1.165) is 19.3 Å². The highest BCUT2D eigenvalue weighted by Gasteiger charge is 2.13. The van der Waals surface area contributed by atoms with Gasteiger partial charge < -0.3 is 15.7 Å². The number of amides is 2. The molecule has 0 heterocycles. The van der Waals surface area contributed by atoms with Crippen LogP contribution in [0.15, 0.2) is 34.8 Å². The van der Waals surface area contributed by atoms with Gasteiger partial charge in [-0.05, 0) is 59.3 Å². The van der Waals surface area contributed by atoms with Gasteiger partial charge in [0.2, 0.25) is 0 Å². The van der Waals surface area contributed by atoms with Crippen molar-refractivity contribution in [3.63, 3.8) is 0 Å². The van der Waals surface area contributed by atoms with Crippen LogP contribution in [0, 0.1) is 5.92 Å². The normalized spacial score (nSPS) is 17.3.